The Morgan fingerprint density at radius 2 is 1.57 bits per heavy atom. The molecule has 128 valence electrons. The van der Waals surface area contributed by atoms with Crippen LogP contribution < -0.4 is 0 Å². The van der Waals surface area contributed by atoms with Crippen LogP contribution in [0.15, 0.2) is 0 Å². The molecule has 8 atom stereocenters. The Morgan fingerprint density at radius 3 is 2.30 bits per heavy atom. The van der Waals surface area contributed by atoms with E-state index in [9.17, 15) is 0 Å². The van der Waals surface area contributed by atoms with Gasteiger partial charge in [0.05, 0.1) is 0 Å². The average molecular weight is 349 g/mol. The van der Waals surface area contributed by atoms with Crippen LogP contribution in [-0.4, -0.2) is 21.0 Å². The second kappa shape index (κ2) is 4.33. The van der Waals surface area contributed by atoms with Crippen LogP contribution in [0.3, 0.4) is 0 Å². The van der Waals surface area contributed by atoms with Crippen molar-refractivity contribution in [3.8, 4) is 0 Å². The molecule has 2 heteroatoms. The van der Waals surface area contributed by atoms with Crippen molar-refractivity contribution in [1.29, 1.82) is 0 Å². The zero-order valence-electron chi connectivity index (χ0n) is 14.9. The lowest BCUT2D eigenvalue weighted by Crippen LogP contribution is -2.55. The Kier molecular flexibility index (Phi) is 2.79. The third-order valence-electron chi connectivity index (χ3n) is 10.1. The van der Waals surface area contributed by atoms with Crippen LogP contribution in [0.25, 0.3) is 0 Å². The summed E-state index contributed by atoms with van der Waals surface area (Å²) in [4.78, 5) is 0. The van der Waals surface area contributed by atoms with Crippen molar-refractivity contribution >= 4 is 23.5 Å². The molecule has 6 aliphatic rings. The molecule has 2 aliphatic heterocycles. The fourth-order valence-corrected chi connectivity index (χ4v) is 10.9. The van der Waals surface area contributed by atoms with Gasteiger partial charge in [0.25, 0.3) is 0 Å². The Bertz CT molecular complexity index is 548. The largest absolute Gasteiger partial charge is 0.153 e. The van der Waals surface area contributed by atoms with E-state index in [0.717, 1.165) is 33.2 Å². The molecule has 2 spiro atoms. The molecule has 0 N–H and O–H groups in total. The zero-order chi connectivity index (χ0) is 15.5. The Balaban J connectivity index is 1.32. The number of fused-ring (bicyclic) bond motifs is 6. The van der Waals surface area contributed by atoms with Gasteiger partial charge in [-0.25, -0.2) is 0 Å². The van der Waals surface area contributed by atoms with E-state index in [0.29, 0.717) is 10.8 Å². The topological polar surface area (TPSA) is 0 Å². The first-order chi connectivity index (χ1) is 11.0. The van der Waals surface area contributed by atoms with Crippen molar-refractivity contribution in [2.45, 2.75) is 81.1 Å². The van der Waals surface area contributed by atoms with E-state index in [4.69, 9.17) is 0 Å². The van der Waals surface area contributed by atoms with Crippen molar-refractivity contribution in [2.24, 2.45) is 34.5 Å². The summed E-state index contributed by atoms with van der Waals surface area (Å²) in [6.07, 6.45) is 14.1. The number of hydrogen-bond donors (Lipinski definition) is 0. The van der Waals surface area contributed by atoms with Crippen LogP contribution in [0.4, 0.5) is 0 Å². The van der Waals surface area contributed by atoms with Crippen LogP contribution in [0.1, 0.15) is 71.6 Å². The molecule has 6 fully saturated rings. The van der Waals surface area contributed by atoms with Crippen LogP contribution in [0, 0.1) is 34.5 Å². The smallest absolute Gasteiger partial charge is 0.0307 e. The maximum Gasteiger partial charge on any atom is 0.0307 e. The van der Waals surface area contributed by atoms with Crippen LogP contribution in [-0.2, 0) is 0 Å². The molecule has 2 heterocycles. The number of thioether (sulfide) groups is 2. The highest BCUT2D eigenvalue weighted by atomic mass is 32.2. The third-order valence-corrected chi connectivity index (χ3v) is 13.3. The van der Waals surface area contributed by atoms with E-state index in [-0.39, 0.29) is 0 Å². The van der Waals surface area contributed by atoms with Gasteiger partial charge >= 0.3 is 0 Å². The molecule has 0 bridgehead atoms. The predicted octanol–water partition coefficient (Wildman–Crippen LogP) is 6.00. The van der Waals surface area contributed by atoms with Crippen molar-refractivity contribution in [2.75, 3.05) is 11.5 Å². The van der Waals surface area contributed by atoms with E-state index in [1.165, 1.54) is 11.5 Å². The van der Waals surface area contributed by atoms with Gasteiger partial charge in [-0.05, 0) is 92.3 Å². The second-order valence-corrected chi connectivity index (χ2v) is 13.4. The summed E-state index contributed by atoms with van der Waals surface area (Å²) in [5, 5.41) is 0. The SMILES string of the molecule is C[C@]12CC[C@@]3(CS3)C[C@@H]1CC[C@H]1[C@H]3CC[C@]4(CS4)[C@@]3(C)CC[C@@H]12. The minimum atomic E-state index is 0.713. The van der Waals surface area contributed by atoms with Gasteiger partial charge in [0.15, 0.2) is 0 Å². The molecule has 4 aliphatic carbocycles. The van der Waals surface area contributed by atoms with Gasteiger partial charge in [0.2, 0.25) is 0 Å². The first-order valence-corrected chi connectivity index (χ1v) is 12.3. The molecular weight excluding hydrogens is 316 g/mol. The molecule has 0 aromatic carbocycles. The van der Waals surface area contributed by atoms with Gasteiger partial charge in [-0.15, -0.1) is 0 Å². The third kappa shape index (κ3) is 1.74. The Morgan fingerprint density at radius 1 is 0.783 bits per heavy atom. The first kappa shape index (κ1) is 14.8. The minimum absolute atomic E-state index is 0.713. The highest BCUT2D eigenvalue weighted by Crippen LogP contribution is 2.76. The fourth-order valence-electron chi connectivity index (χ4n) is 8.33. The van der Waals surface area contributed by atoms with Gasteiger partial charge < -0.3 is 0 Å². The zero-order valence-corrected chi connectivity index (χ0v) is 16.5. The molecule has 0 radical (unpaired) electrons. The molecule has 0 aromatic heterocycles. The van der Waals surface area contributed by atoms with Crippen molar-refractivity contribution in [3.63, 3.8) is 0 Å². The van der Waals surface area contributed by atoms with Gasteiger partial charge in [0, 0.05) is 21.0 Å². The number of rotatable bonds is 0. The molecule has 23 heavy (non-hydrogen) atoms. The monoisotopic (exact) mass is 348 g/mol. The Hall–Kier alpha value is 0.700. The summed E-state index contributed by atoms with van der Waals surface area (Å²) in [5.74, 6) is 7.32. The van der Waals surface area contributed by atoms with E-state index in [1.54, 1.807) is 57.8 Å². The lowest BCUT2D eigenvalue weighted by molar-refractivity contribution is -0.107. The molecule has 0 unspecified atom stereocenters. The minimum Gasteiger partial charge on any atom is -0.153 e. The first-order valence-electron chi connectivity index (χ1n) is 10.3. The molecule has 0 aromatic rings. The Labute approximate surface area is 150 Å². The highest BCUT2D eigenvalue weighted by Gasteiger charge is 2.69. The maximum absolute atomic E-state index is 2.74. The van der Waals surface area contributed by atoms with Gasteiger partial charge in [-0.1, -0.05) is 13.8 Å². The summed E-state index contributed by atoms with van der Waals surface area (Å²) < 4.78 is 1.53. The van der Waals surface area contributed by atoms with E-state index in [1.807, 2.05) is 0 Å². The predicted molar refractivity (Wildman–Crippen MR) is 102 cm³/mol. The van der Waals surface area contributed by atoms with Crippen LogP contribution in [0.5, 0.6) is 0 Å². The summed E-state index contributed by atoms with van der Waals surface area (Å²) in [5.41, 5.74) is 1.43. The molecule has 6 rings (SSSR count). The van der Waals surface area contributed by atoms with E-state index in [2.05, 4.69) is 37.4 Å². The molecule has 4 saturated carbocycles. The molecule has 2 saturated heterocycles. The van der Waals surface area contributed by atoms with Crippen molar-refractivity contribution in [1.82, 2.24) is 0 Å². The number of hydrogen-bond acceptors (Lipinski definition) is 2. The second-order valence-electron chi connectivity index (χ2n) is 10.6. The quantitative estimate of drug-likeness (QED) is 0.492. The van der Waals surface area contributed by atoms with Crippen molar-refractivity contribution in [3.05, 3.63) is 0 Å². The van der Waals surface area contributed by atoms with Gasteiger partial charge in [0.1, 0.15) is 0 Å². The van der Waals surface area contributed by atoms with Gasteiger partial charge in [-0.2, -0.15) is 23.5 Å². The van der Waals surface area contributed by atoms with Gasteiger partial charge in [-0.3, -0.25) is 0 Å². The molecular formula is C21H32S2. The summed E-state index contributed by atoms with van der Waals surface area (Å²) in [6, 6.07) is 0. The van der Waals surface area contributed by atoms with E-state index < -0.39 is 0 Å². The summed E-state index contributed by atoms with van der Waals surface area (Å²) in [6.45, 7) is 5.46. The van der Waals surface area contributed by atoms with Crippen LogP contribution >= 0.6 is 23.5 Å². The normalized spacial score (nSPS) is 66.0. The summed E-state index contributed by atoms with van der Waals surface area (Å²) >= 11 is 4.62. The average Bonchev–Trinajstić information content (AvgIpc) is 3.43. The van der Waals surface area contributed by atoms with E-state index >= 15 is 0 Å². The lowest BCUT2D eigenvalue weighted by Gasteiger charge is -2.61. The van der Waals surface area contributed by atoms with Crippen molar-refractivity contribution < 1.29 is 0 Å². The standard InChI is InChI=1S/C21H32S2/c1-18-9-10-20(12-22-20)11-14(18)3-4-15-16(18)5-7-19(2)17(15)6-8-21(19)13-23-21/h14-17H,3-13H2,1-2H3/t14-,15+,16-,17+,18-,19-,20-,21-/m0/s1. The molecule has 0 nitrogen and oxygen atoms in total. The molecule has 0 amide bonds. The maximum atomic E-state index is 2.74. The highest BCUT2D eigenvalue weighted by molar-refractivity contribution is 8.08. The fraction of sp³-hybridized carbons (Fsp3) is 1.00. The lowest BCUT2D eigenvalue weighted by atomic mass is 9.44. The van der Waals surface area contributed by atoms with Crippen LogP contribution in [0.2, 0.25) is 0 Å². The summed E-state index contributed by atoms with van der Waals surface area (Å²) in [7, 11) is 0.